The molecule has 0 bridgehead atoms. The minimum atomic E-state index is -0.347. The molecule has 2 aromatic rings. The molecule has 7 heteroatoms. The van der Waals surface area contributed by atoms with Crippen LogP contribution in [-0.2, 0) is 4.79 Å². The Kier molecular flexibility index (Phi) is 5.50. The summed E-state index contributed by atoms with van der Waals surface area (Å²) in [6.45, 7) is 3.74. The van der Waals surface area contributed by atoms with E-state index >= 15 is 0 Å². The number of benzene rings is 1. The van der Waals surface area contributed by atoms with E-state index < -0.39 is 0 Å². The van der Waals surface area contributed by atoms with Gasteiger partial charge < -0.3 is 4.90 Å². The van der Waals surface area contributed by atoms with E-state index in [0.29, 0.717) is 28.2 Å². The zero-order valence-electron chi connectivity index (χ0n) is 13.7. The molecule has 1 aliphatic rings. The van der Waals surface area contributed by atoms with Crippen molar-refractivity contribution in [3.05, 3.63) is 30.1 Å². The van der Waals surface area contributed by atoms with Gasteiger partial charge in [0.05, 0.1) is 11.3 Å². The number of aromatic amines is 1. The van der Waals surface area contributed by atoms with E-state index in [-0.39, 0.29) is 11.7 Å². The van der Waals surface area contributed by atoms with Gasteiger partial charge in [0.15, 0.2) is 5.82 Å². The van der Waals surface area contributed by atoms with E-state index in [9.17, 15) is 9.18 Å². The van der Waals surface area contributed by atoms with Gasteiger partial charge in [0.25, 0.3) is 0 Å². The molecule has 1 aromatic carbocycles. The molecule has 5 nitrogen and oxygen atoms in total. The molecule has 1 heterocycles. The molecule has 0 unspecified atom stereocenters. The van der Waals surface area contributed by atoms with Gasteiger partial charge in [0.2, 0.25) is 11.1 Å². The maximum atomic E-state index is 13.8. The van der Waals surface area contributed by atoms with Crippen LogP contribution in [0.3, 0.4) is 0 Å². The Labute approximate surface area is 145 Å². The maximum absolute atomic E-state index is 13.8. The number of amides is 1. The molecule has 0 saturated heterocycles. The molecule has 1 aromatic heterocycles. The van der Waals surface area contributed by atoms with Gasteiger partial charge in [-0.3, -0.25) is 9.89 Å². The molecular formula is C17H21FN4OS. The number of carbonyl (C=O) groups is 1. The van der Waals surface area contributed by atoms with Crippen molar-refractivity contribution < 1.29 is 9.18 Å². The van der Waals surface area contributed by atoms with E-state index in [1.165, 1.54) is 30.7 Å². The Morgan fingerprint density at radius 2 is 2.21 bits per heavy atom. The first-order valence-electron chi connectivity index (χ1n) is 8.25. The molecule has 24 heavy (non-hydrogen) atoms. The van der Waals surface area contributed by atoms with Crippen LogP contribution in [0.15, 0.2) is 29.4 Å². The van der Waals surface area contributed by atoms with Crippen LogP contribution in [0.4, 0.5) is 4.39 Å². The second-order valence-corrected chi connectivity index (χ2v) is 6.96. The zero-order chi connectivity index (χ0) is 16.9. The van der Waals surface area contributed by atoms with Crippen molar-refractivity contribution in [2.45, 2.75) is 31.3 Å². The molecule has 0 radical (unpaired) electrons. The highest BCUT2D eigenvalue weighted by Gasteiger charge is 2.26. The molecule has 1 saturated carbocycles. The highest BCUT2D eigenvalue weighted by Crippen LogP contribution is 2.30. The molecule has 0 aliphatic heterocycles. The first kappa shape index (κ1) is 17.0. The lowest BCUT2D eigenvalue weighted by Crippen LogP contribution is -2.34. The third-order valence-electron chi connectivity index (χ3n) is 3.94. The Balaban J connectivity index is 1.58. The number of halogens is 1. The summed E-state index contributed by atoms with van der Waals surface area (Å²) >= 11 is 1.28. The van der Waals surface area contributed by atoms with Gasteiger partial charge in [-0.2, -0.15) is 0 Å². The minimum absolute atomic E-state index is 0.117. The number of rotatable bonds is 8. The summed E-state index contributed by atoms with van der Waals surface area (Å²) in [4.78, 5) is 18.6. The van der Waals surface area contributed by atoms with Gasteiger partial charge >= 0.3 is 0 Å². The Morgan fingerprint density at radius 3 is 2.92 bits per heavy atom. The van der Waals surface area contributed by atoms with Crippen LogP contribution in [0.25, 0.3) is 11.4 Å². The van der Waals surface area contributed by atoms with Gasteiger partial charge in [0.1, 0.15) is 5.82 Å². The smallest absolute Gasteiger partial charge is 0.233 e. The molecule has 1 N–H and O–H groups in total. The summed E-state index contributed by atoms with van der Waals surface area (Å²) in [6.07, 6.45) is 3.42. The lowest BCUT2D eigenvalue weighted by molar-refractivity contribution is -0.128. The quantitative estimate of drug-likeness (QED) is 0.743. The van der Waals surface area contributed by atoms with Gasteiger partial charge in [-0.15, -0.1) is 5.10 Å². The molecule has 1 aliphatic carbocycles. The van der Waals surface area contributed by atoms with E-state index in [2.05, 4.69) is 22.1 Å². The van der Waals surface area contributed by atoms with Gasteiger partial charge in [0, 0.05) is 13.1 Å². The normalized spacial score (nSPS) is 13.9. The van der Waals surface area contributed by atoms with Crippen LogP contribution in [0.1, 0.15) is 26.2 Å². The minimum Gasteiger partial charge on any atom is -0.342 e. The van der Waals surface area contributed by atoms with Gasteiger partial charge in [-0.05, 0) is 37.3 Å². The first-order chi connectivity index (χ1) is 11.7. The van der Waals surface area contributed by atoms with Gasteiger partial charge in [-0.1, -0.05) is 30.8 Å². The number of thioether (sulfide) groups is 1. The number of nitrogens with one attached hydrogen (secondary N) is 1. The van der Waals surface area contributed by atoms with Crippen LogP contribution in [0.5, 0.6) is 0 Å². The van der Waals surface area contributed by atoms with Crippen molar-refractivity contribution in [1.29, 1.82) is 0 Å². The lowest BCUT2D eigenvalue weighted by Gasteiger charge is -2.21. The van der Waals surface area contributed by atoms with E-state index in [4.69, 9.17) is 0 Å². The molecular weight excluding hydrogens is 327 g/mol. The van der Waals surface area contributed by atoms with Crippen molar-refractivity contribution in [2.75, 3.05) is 18.8 Å². The third kappa shape index (κ3) is 4.35. The van der Waals surface area contributed by atoms with Crippen LogP contribution in [0, 0.1) is 11.7 Å². The Hall–Kier alpha value is -1.89. The first-order valence-corrected chi connectivity index (χ1v) is 9.23. The average molecular weight is 348 g/mol. The molecule has 128 valence electrons. The maximum Gasteiger partial charge on any atom is 0.233 e. The van der Waals surface area contributed by atoms with E-state index in [1.807, 2.05) is 4.90 Å². The summed E-state index contributed by atoms with van der Waals surface area (Å²) in [7, 11) is 0. The number of hydrogen-bond acceptors (Lipinski definition) is 4. The molecule has 3 rings (SSSR count). The predicted molar refractivity (Wildman–Crippen MR) is 92.1 cm³/mol. The molecule has 0 spiro atoms. The number of carbonyl (C=O) groups excluding carboxylic acids is 1. The number of H-pyrrole nitrogens is 1. The topological polar surface area (TPSA) is 61.9 Å². The van der Waals surface area contributed by atoms with Crippen molar-refractivity contribution in [1.82, 2.24) is 20.1 Å². The van der Waals surface area contributed by atoms with E-state index in [0.717, 1.165) is 19.5 Å². The highest BCUT2D eigenvalue weighted by molar-refractivity contribution is 7.99. The standard InChI is InChI=1S/C17H21FN4OS/c1-2-9-22(10-12-7-8-12)15(23)11-24-17-19-16(20-21-17)13-5-3-4-6-14(13)18/h3-6,12H,2,7-11H2,1H3,(H,19,20,21). The second-order valence-electron chi connectivity index (χ2n) is 6.02. The highest BCUT2D eigenvalue weighted by atomic mass is 32.2. The summed E-state index contributed by atoms with van der Waals surface area (Å²) in [5.41, 5.74) is 0.379. The molecule has 1 fully saturated rings. The number of aromatic nitrogens is 3. The Bertz CT molecular complexity index is 701. The number of nitrogens with zero attached hydrogens (tertiary/aromatic N) is 3. The fraction of sp³-hybridized carbons (Fsp3) is 0.471. The predicted octanol–water partition coefficient (Wildman–Crippen LogP) is 3.35. The Morgan fingerprint density at radius 1 is 1.42 bits per heavy atom. The zero-order valence-corrected chi connectivity index (χ0v) is 14.5. The van der Waals surface area contributed by atoms with Crippen LogP contribution in [0.2, 0.25) is 0 Å². The summed E-state index contributed by atoms with van der Waals surface area (Å²) in [6, 6.07) is 6.41. The van der Waals surface area contributed by atoms with Crippen molar-refractivity contribution in [3.8, 4) is 11.4 Å². The van der Waals surface area contributed by atoms with Crippen molar-refractivity contribution in [3.63, 3.8) is 0 Å². The summed E-state index contributed by atoms with van der Waals surface area (Å²) in [5, 5.41) is 7.27. The fourth-order valence-electron chi connectivity index (χ4n) is 2.50. The van der Waals surface area contributed by atoms with Crippen molar-refractivity contribution in [2.24, 2.45) is 5.92 Å². The van der Waals surface area contributed by atoms with Crippen LogP contribution in [-0.4, -0.2) is 44.8 Å². The third-order valence-corrected chi connectivity index (χ3v) is 4.77. The largest absolute Gasteiger partial charge is 0.342 e. The monoisotopic (exact) mass is 348 g/mol. The summed E-state index contributed by atoms with van der Waals surface area (Å²) < 4.78 is 13.8. The van der Waals surface area contributed by atoms with Crippen molar-refractivity contribution >= 4 is 17.7 Å². The molecule has 1 amide bonds. The lowest BCUT2D eigenvalue weighted by atomic mass is 10.2. The SMILES string of the molecule is CCCN(CC1CC1)C(=O)CSc1n[nH]c(-c2ccccc2F)n1. The second kappa shape index (κ2) is 7.79. The van der Waals surface area contributed by atoms with Gasteiger partial charge in [-0.25, -0.2) is 9.37 Å². The molecule has 0 atom stereocenters. The fourth-order valence-corrected chi connectivity index (χ4v) is 3.20. The van der Waals surface area contributed by atoms with Crippen LogP contribution < -0.4 is 0 Å². The number of hydrogen-bond donors (Lipinski definition) is 1. The van der Waals surface area contributed by atoms with E-state index in [1.54, 1.807) is 18.2 Å². The average Bonchev–Trinajstić information content (AvgIpc) is 3.28. The van der Waals surface area contributed by atoms with Crippen LogP contribution >= 0.6 is 11.8 Å². The summed E-state index contributed by atoms with van der Waals surface area (Å²) in [5.74, 6) is 1.14.